The first-order chi connectivity index (χ1) is 11.9. The Labute approximate surface area is 151 Å². The number of aryl methyl sites for hydroxylation is 1. The van der Waals surface area contributed by atoms with E-state index in [0.29, 0.717) is 26.2 Å². The van der Waals surface area contributed by atoms with Gasteiger partial charge in [0.05, 0.1) is 5.56 Å². The molecule has 2 aromatic rings. The molecule has 1 saturated heterocycles. The summed E-state index contributed by atoms with van der Waals surface area (Å²) in [5, 5.41) is 10.3. The summed E-state index contributed by atoms with van der Waals surface area (Å²) in [6.45, 7) is 5.00. The molecule has 6 nitrogen and oxygen atoms in total. The van der Waals surface area contributed by atoms with E-state index in [9.17, 15) is 13.2 Å². The van der Waals surface area contributed by atoms with Crippen molar-refractivity contribution in [2.45, 2.75) is 17.7 Å². The number of piperazine rings is 1. The van der Waals surface area contributed by atoms with Crippen LogP contribution in [0.2, 0.25) is 0 Å². The molecule has 0 spiro atoms. The number of benzene rings is 1. The van der Waals surface area contributed by atoms with E-state index in [-0.39, 0.29) is 9.77 Å². The summed E-state index contributed by atoms with van der Waals surface area (Å²) in [5.74, 6) is -1.11. The van der Waals surface area contributed by atoms with Crippen molar-refractivity contribution in [3.63, 3.8) is 0 Å². The molecule has 0 radical (unpaired) electrons. The molecule has 0 unspecified atom stereocenters. The highest BCUT2D eigenvalue weighted by atomic mass is 32.2. The van der Waals surface area contributed by atoms with Crippen molar-refractivity contribution in [1.82, 2.24) is 9.21 Å². The lowest BCUT2D eigenvalue weighted by Gasteiger charge is -2.33. The van der Waals surface area contributed by atoms with Crippen molar-refractivity contribution in [3.05, 3.63) is 52.4 Å². The minimum atomic E-state index is -3.62. The third-order valence-electron chi connectivity index (χ3n) is 4.24. The van der Waals surface area contributed by atoms with Gasteiger partial charge < -0.3 is 5.11 Å². The molecule has 0 amide bonds. The van der Waals surface area contributed by atoms with Gasteiger partial charge in [-0.05, 0) is 18.6 Å². The summed E-state index contributed by atoms with van der Waals surface area (Å²) >= 11 is 0.959. The van der Waals surface area contributed by atoms with Crippen molar-refractivity contribution in [1.29, 1.82) is 0 Å². The molecule has 1 N–H and O–H groups in total. The molecule has 1 fully saturated rings. The Morgan fingerprint density at radius 1 is 1.20 bits per heavy atom. The Hall–Kier alpha value is -1.74. The van der Waals surface area contributed by atoms with Crippen LogP contribution in [0.25, 0.3) is 0 Å². The molecular weight excluding hydrogens is 360 g/mol. The van der Waals surface area contributed by atoms with Gasteiger partial charge >= 0.3 is 5.97 Å². The normalized spacial score (nSPS) is 16.8. The fourth-order valence-electron chi connectivity index (χ4n) is 2.89. The molecule has 8 heteroatoms. The zero-order valence-corrected chi connectivity index (χ0v) is 15.5. The minimum Gasteiger partial charge on any atom is -0.478 e. The van der Waals surface area contributed by atoms with E-state index in [1.165, 1.54) is 26.9 Å². The maximum Gasteiger partial charge on any atom is 0.336 e. The van der Waals surface area contributed by atoms with Gasteiger partial charge in [0.15, 0.2) is 0 Å². The highest BCUT2D eigenvalue weighted by Crippen LogP contribution is 2.25. The van der Waals surface area contributed by atoms with Gasteiger partial charge in [-0.25, -0.2) is 13.2 Å². The SMILES string of the molecule is Cc1cccc(CN2CCN(S(=O)(=O)c3cc(C(=O)O)cs3)CC2)c1. The minimum absolute atomic E-state index is 0.0154. The van der Waals surface area contributed by atoms with Crippen LogP contribution < -0.4 is 0 Å². The summed E-state index contributed by atoms with van der Waals surface area (Å²) in [7, 11) is -3.62. The van der Waals surface area contributed by atoms with Crippen molar-refractivity contribution < 1.29 is 18.3 Å². The average Bonchev–Trinajstić information content (AvgIpc) is 3.06. The van der Waals surface area contributed by atoms with Crippen LogP contribution in [0.15, 0.2) is 39.9 Å². The van der Waals surface area contributed by atoms with E-state index in [4.69, 9.17) is 5.11 Å². The standard InChI is InChI=1S/C17H20N2O4S2/c1-13-3-2-4-14(9-13)11-18-5-7-19(8-6-18)25(22,23)16-10-15(12-24-16)17(20)21/h2-4,9-10,12H,5-8,11H2,1H3,(H,20,21). The first kappa shape index (κ1) is 18.1. The van der Waals surface area contributed by atoms with Gasteiger partial charge in [0.2, 0.25) is 0 Å². The summed E-state index contributed by atoms with van der Waals surface area (Å²) in [4.78, 5) is 13.2. The second kappa shape index (κ2) is 7.25. The van der Waals surface area contributed by atoms with Crippen LogP contribution in [0.5, 0.6) is 0 Å². The fourth-order valence-corrected chi connectivity index (χ4v) is 5.62. The van der Waals surface area contributed by atoms with Crippen molar-refractivity contribution in [3.8, 4) is 0 Å². The lowest BCUT2D eigenvalue weighted by molar-refractivity contribution is 0.0697. The Morgan fingerprint density at radius 2 is 1.92 bits per heavy atom. The lowest BCUT2D eigenvalue weighted by atomic mass is 10.1. The van der Waals surface area contributed by atoms with Crippen molar-refractivity contribution >= 4 is 27.3 Å². The van der Waals surface area contributed by atoms with E-state index in [1.807, 2.05) is 6.07 Å². The molecule has 1 aromatic heterocycles. The quantitative estimate of drug-likeness (QED) is 0.861. The maximum atomic E-state index is 12.7. The highest BCUT2D eigenvalue weighted by molar-refractivity contribution is 7.91. The summed E-state index contributed by atoms with van der Waals surface area (Å²) in [6, 6.07) is 9.54. The van der Waals surface area contributed by atoms with Gasteiger partial charge in [0.1, 0.15) is 4.21 Å². The number of carboxylic acids is 1. The molecule has 25 heavy (non-hydrogen) atoms. The molecule has 0 atom stereocenters. The zero-order valence-electron chi connectivity index (χ0n) is 13.9. The van der Waals surface area contributed by atoms with Crippen LogP contribution in [0.3, 0.4) is 0 Å². The van der Waals surface area contributed by atoms with E-state index in [2.05, 4.69) is 30.0 Å². The predicted octanol–water partition coefficient (Wildman–Crippen LogP) is 2.26. The molecule has 0 aliphatic carbocycles. The van der Waals surface area contributed by atoms with Gasteiger partial charge in [0, 0.05) is 38.1 Å². The molecule has 1 aliphatic rings. The number of nitrogens with zero attached hydrogens (tertiary/aromatic N) is 2. The molecule has 2 heterocycles. The molecule has 1 aromatic carbocycles. The number of rotatable bonds is 5. The number of aromatic carboxylic acids is 1. The van der Waals surface area contributed by atoms with E-state index in [1.54, 1.807) is 0 Å². The van der Waals surface area contributed by atoms with Crippen LogP contribution in [-0.4, -0.2) is 54.9 Å². The summed E-state index contributed by atoms with van der Waals surface area (Å²) < 4.78 is 26.9. The van der Waals surface area contributed by atoms with E-state index < -0.39 is 16.0 Å². The second-order valence-corrected chi connectivity index (χ2v) is 9.20. The largest absolute Gasteiger partial charge is 0.478 e. The lowest BCUT2D eigenvalue weighted by Crippen LogP contribution is -2.48. The summed E-state index contributed by atoms with van der Waals surface area (Å²) in [5.41, 5.74) is 2.45. The van der Waals surface area contributed by atoms with Gasteiger partial charge in [-0.1, -0.05) is 29.8 Å². The van der Waals surface area contributed by atoms with Gasteiger partial charge in [0.25, 0.3) is 10.0 Å². The molecule has 3 rings (SSSR count). The maximum absolute atomic E-state index is 12.7. The topological polar surface area (TPSA) is 77.9 Å². The van der Waals surface area contributed by atoms with Gasteiger partial charge in [-0.2, -0.15) is 4.31 Å². The van der Waals surface area contributed by atoms with Crippen LogP contribution in [0.1, 0.15) is 21.5 Å². The molecule has 0 saturated carbocycles. The van der Waals surface area contributed by atoms with Crippen LogP contribution in [0.4, 0.5) is 0 Å². The second-order valence-electron chi connectivity index (χ2n) is 6.13. The average molecular weight is 380 g/mol. The summed E-state index contributed by atoms with van der Waals surface area (Å²) in [6.07, 6.45) is 0. The van der Waals surface area contributed by atoms with E-state index in [0.717, 1.165) is 17.9 Å². The molecular formula is C17H20N2O4S2. The number of hydrogen-bond donors (Lipinski definition) is 1. The highest BCUT2D eigenvalue weighted by Gasteiger charge is 2.30. The predicted molar refractivity (Wildman–Crippen MR) is 96.5 cm³/mol. The van der Waals surface area contributed by atoms with E-state index >= 15 is 0 Å². The zero-order chi connectivity index (χ0) is 18.0. The molecule has 1 aliphatic heterocycles. The first-order valence-electron chi connectivity index (χ1n) is 7.96. The fraction of sp³-hybridized carbons (Fsp3) is 0.353. The number of carbonyl (C=O) groups is 1. The smallest absolute Gasteiger partial charge is 0.336 e. The number of hydrogen-bond acceptors (Lipinski definition) is 5. The van der Waals surface area contributed by atoms with Gasteiger partial charge in [-0.15, -0.1) is 11.3 Å². The Morgan fingerprint density at radius 3 is 2.52 bits per heavy atom. The molecule has 134 valence electrons. The molecule has 0 bridgehead atoms. The van der Waals surface area contributed by atoms with Crippen molar-refractivity contribution in [2.75, 3.05) is 26.2 Å². The van der Waals surface area contributed by atoms with Crippen LogP contribution in [-0.2, 0) is 16.6 Å². The van der Waals surface area contributed by atoms with Gasteiger partial charge in [-0.3, -0.25) is 4.90 Å². The Bertz CT molecular complexity index is 868. The number of sulfonamides is 1. The Kier molecular flexibility index (Phi) is 5.24. The first-order valence-corrected chi connectivity index (χ1v) is 10.3. The third kappa shape index (κ3) is 4.09. The third-order valence-corrected chi connectivity index (χ3v) is 7.55. The van der Waals surface area contributed by atoms with Crippen LogP contribution >= 0.6 is 11.3 Å². The number of thiophene rings is 1. The Balaban J connectivity index is 1.63. The van der Waals surface area contributed by atoms with Crippen molar-refractivity contribution in [2.24, 2.45) is 0 Å². The van der Waals surface area contributed by atoms with Crippen LogP contribution in [0, 0.1) is 6.92 Å². The monoisotopic (exact) mass is 380 g/mol. The number of carboxylic acid groups (broad SMARTS) is 1.